The highest BCUT2D eigenvalue weighted by Crippen LogP contribution is 2.17. The summed E-state index contributed by atoms with van der Waals surface area (Å²) in [6, 6.07) is 4.67. The summed E-state index contributed by atoms with van der Waals surface area (Å²) in [5.74, 6) is 0.415. The van der Waals surface area contributed by atoms with Crippen LogP contribution in [0.5, 0.6) is 0 Å². The van der Waals surface area contributed by atoms with Crippen LogP contribution in [0.15, 0.2) is 22.6 Å². The minimum absolute atomic E-state index is 0.0179. The molecule has 1 aliphatic heterocycles. The first-order valence-corrected chi connectivity index (χ1v) is 8.13. The van der Waals surface area contributed by atoms with E-state index in [4.69, 9.17) is 4.42 Å². The van der Waals surface area contributed by atoms with Gasteiger partial charge in [-0.05, 0) is 24.6 Å². The van der Waals surface area contributed by atoms with Crippen LogP contribution in [0.3, 0.4) is 0 Å². The first-order valence-electron chi connectivity index (χ1n) is 6.31. The molecule has 1 unspecified atom stereocenters. The molecule has 7 heteroatoms. The number of aryl methyl sites for hydroxylation is 1. The number of sulfone groups is 1. The van der Waals surface area contributed by atoms with E-state index in [-0.39, 0.29) is 23.5 Å². The lowest BCUT2D eigenvalue weighted by atomic mass is 10.1. The molecule has 1 aromatic carbocycles. The van der Waals surface area contributed by atoms with Crippen LogP contribution < -0.4 is 5.32 Å². The fourth-order valence-corrected chi connectivity index (χ4v) is 4.03. The third-order valence-electron chi connectivity index (χ3n) is 3.32. The molecule has 3 rings (SSSR count). The van der Waals surface area contributed by atoms with Crippen molar-refractivity contribution >= 4 is 26.8 Å². The van der Waals surface area contributed by atoms with Crippen molar-refractivity contribution in [2.75, 3.05) is 11.5 Å². The topological polar surface area (TPSA) is 89.3 Å². The summed E-state index contributed by atoms with van der Waals surface area (Å²) in [5.41, 5.74) is 1.70. The normalized spacial score (nSPS) is 21.1. The van der Waals surface area contributed by atoms with Gasteiger partial charge in [0, 0.05) is 18.5 Å². The molecule has 0 spiro atoms. The highest BCUT2D eigenvalue weighted by molar-refractivity contribution is 7.91. The maximum absolute atomic E-state index is 12.1. The maximum Gasteiger partial charge on any atom is 0.251 e. The Hall–Kier alpha value is -1.89. The third kappa shape index (κ3) is 2.53. The predicted octanol–water partition coefficient (Wildman–Crippen LogP) is 1.05. The number of carbonyl (C=O) groups excluding carboxylic acids is 1. The van der Waals surface area contributed by atoms with E-state index in [9.17, 15) is 13.2 Å². The van der Waals surface area contributed by atoms with Gasteiger partial charge in [0.05, 0.1) is 11.5 Å². The van der Waals surface area contributed by atoms with Crippen molar-refractivity contribution in [2.45, 2.75) is 19.4 Å². The number of nitrogens with one attached hydrogen (secondary N) is 1. The van der Waals surface area contributed by atoms with Gasteiger partial charge in [-0.25, -0.2) is 13.4 Å². The highest BCUT2D eigenvalue weighted by atomic mass is 32.2. The van der Waals surface area contributed by atoms with Crippen LogP contribution in [0, 0.1) is 6.92 Å². The first kappa shape index (κ1) is 13.1. The predicted molar refractivity (Wildman–Crippen MR) is 73.3 cm³/mol. The number of fused-ring (bicyclic) bond motifs is 1. The van der Waals surface area contributed by atoms with Gasteiger partial charge in [-0.15, -0.1) is 0 Å². The lowest BCUT2D eigenvalue weighted by Gasteiger charge is -2.10. The van der Waals surface area contributed by atoms with Gasteiger partial charge in [0.2, 0.25) is 0 Å². The standard InChI is InChI=1S/C13H14N2O4S/c1-8-14-11-6-9(2-3-12(11)19-8)13(16)15-10-4-5-20(17,18)7-10/h2-3,6,10H,4-5,7H2,1H3,(H,15,16). The van der Waals surface area contributed by atoms with E-state index in [1.165, 1.54) is 0 Å². The second kappa shape index (κ2) is 4.59. The van der Waals surface area contributed by atoms with E-state index in [0.29, 0.717) is 29.0 Å². The molecule has 1 atom stereocenters. The average molecular weight is 294 g/mol. The van der Waals surface area contributed by atoms with Crippen molar-refractivity contribution in [1.29, 1.82) is 0 Å². The van der Waals surface area contributed by atoms with Gasteiger partial charge < -0.3 is 9.73 Å². The fourth-order valence-electron chi connectivity index (χ4n) is 2.36. The van der Waals surface area contributed by atoms with Crippen LogP contribution in [-0.4, -0.2) is 36.9 Å². The number of benzene rings is 1. The van der Waals surface area contributed by atoms with E-state index in [0.717, 1.165) is 0 Å². The number of hydrogen-bond donors (Lipinski definition) is 1. The average Bonchev–Trinajstić information content (AvgIpc) is 2.89. The quantitative estimate of drug-likeness (QED) is 0.894. The Labute approximate surface area is 116 Å². The minimum atomic E-state index is -3.00. The Kier molecular flexibility index (Phi) is 3.01. The molecule has 0 saturated carbocycles. The Bertz CT molecular complexity index is 779. The first-order chi connectivity index (χ1) is 9.43. The Morgan fingerprint density at radius 1 is 1.45 bits per heavy atom. The summed E-state index contributed by atoms with van der Waals surface area (Å²) in [4.78, 5) is 16.3. The lowest BCUT2D eigenvalue weighted by Crippen LogP contribution is -2.35. The number of oxazole rings is 1. The molecule has 20 heavy (non-hydrogen) atoms. The zero-order chi connectivity index (χ0) is 14.3. The van der Waals surface area contributed by atoms with E-state index in [2.05, 4.69) is 10.3 Å². The molecule has 6 nitrogen and oxygen atoms in total. The zero-order valence-electron chi connectivity index (χ0n) is 10.9. The zero-order valence-corrected chi connectivity index (χ0v) is 11.7. The minimum Gasteiger partial charge on any atom is -0.441 e. The van der Waals surface area contributed by atoms with Gasteiger partial charge in [-0.2, -0.15) is 0 Å². The van der Waals surface area contributed by atoms with Crippen LogP contribution in [-0.2, 0) is 9.84 Å². The van der Waals surface area contributed by atoms with Gasteiger partial charge in [0.25, 0.3) is 5.91 Å². The van der Waals surface area contributed by atoms with Crippen molar-refractivity contribution in [1.82, 2.24) is 10.3 Å². The third-order valence-corrected chi connectivity index (χ3v) is 5.09. The Balaban J connectivity index is 1.78. The van der Waals surface area contributed by atoms with Gasteiger partial charge in [0.1, 0.15) is 5.52 Å². The molecule has 2 aromatic rings. The number of carbonyl (C=O) groups is 1. The maximum atomic E-state index is 12.1. The summed E-state index contributed by atoms with van der Waals surface area (Å²) in [6.45, 7) is 1.74. The van der Waals surface area contributed by atoms with Crippen molar-refractivity contribution in [3.05, 3.63) is 29.7 Å². The van der Waals surface area contributed by atoms with Crippen molar-refractivity contribution in [3.8, 4) is 0 Å². The summed E-state index contributed by atoms with van der Waals surface area (Å²) >= 11 is 0. The van der Waals surface area contributed by atoms with Gasteiger partial charge >= 0.3 is 0 Å². The van der Waals surface area contributed by atoms with Crippen molar-refractivity contribution in [3.63, 3.8) is 0 Å². The molecule has 1 saturated heterocycles. The van der Waals surface area contributed by atoms with Gasteiger partial charge in [-0.1, -0.05) is 0 Å². The molecule has 1 N–H and O–H groups in total. The van der Waals surface area contributed by atoms with Crippen LogP contribution in [0.4, 0.5) is 0 Å². The molecule has 1 aliphatic rings. The summed E-state index contributed by atoms with van der Waals surface area (Å²) in [5, 5.41) is 2.75. The largest absolute Gasteiger partial charge is 0.441 e. The number of rotatable bonds is 2. The van der Waals surface area contributed by atoms with Crippen molar-refractivity contribution < 1.29 is 17.6 Å². The number of amides is 1. The number of hydrogen-bond acceptors (Lipinski definition) is 5. The summed E-state index contributed by atoms with van der Waals surface area (Å²) in [6.07, 6.45) is 0.472. The molecule has 1 aromatic heterocycles. The number of aromatic nitrogens is 1. The molecular weight excluding hydrogens is 280 g/mol. The van der Waals surface area contributed by atoms with E-state index >= 15 is 0 Å². The fraction of sp³-hybridized carbons (Fsp3) is 0.385. The van der Waals surface area contributed by atoms with E-state index in [1.807, 2.05) is 0 Å². The second-order valence-electron chi connectivity index (χ2n) is 4.99. The molecule has 0 aliphatic carbocycles. The van der Waals surface area contributed by atoms with E-state index in [1.54, 1.807) is 25.1 Å². The molecule has 1 fully saturated rings. The van der Waals surface area contributed by atoms with Crippen molar-refractivity contribution in [2.24, 2.45) is 0 Å². The summed E-state index contributed by atoms with van der Waals surface area (Å²) in [7, 11) is -3.00. The Morgan fingerprint density at radius 2 is 2.25 bits per heavy atom. The molecular formula is C13H14N2O4S. The molecule has 0 radical (unpaired) electrons. The Morgan fingerprint density at radius 3 is 2.95 bits per heavy atom. The lowest BCUT2D eigenvalue weighted by molar-refractivity contribution is 0.0941. The van der Waals surface area contributed by atoms with Crippen LogP contribution >= 0.6 is 0 Å². The monoisotopic (exact) mass is 294 g/mol. The van der Waals surface area contributed by atoms with Gasteiger partial charge in [0.15, 0.2) is 21.3 Å². The second-order valence-corrected chi connectivity index (χ2v) is 7.22. The molecule has 0 bridgehead atoms. The van der Waals surface area contributed by atoms with E-state index < -0.39 is 9.84 Å². The van der Waals surface area contributed by atoms with Crippen LogP contribution in [0.1, 0.15) is 22.7 Å². The SMILES string of the molecule is Cc1nc2cc(C(=O)NC3CCS(=O)(=O)C3)ccc2o1. The smallest absolute Gasteiger partial charge is 0.251 e. The molecule has 2 heterocycles. The molecule has 106 valence electrons. The number of nitrogens with zero attached hydrogens (tertiary/aromatic N) is 1. The highest BCUT2D eigenvalue weighted by Gasteiger charge is 2.29. The van der Waals surface area contributed by atoms with Gasteiger partial charge in [-0.3, -0.25) is 4.79 Å². The van der Waals surface area contributed by atoms with Crippen LogP contribution in [0.2, 0.25) is 0 Å². The molecule has 1 amide bonds. The van der Waals surface area contributed by atoms with Crippen LogP contribution in [0.25, 0.3) is 11.1 Å². The summed E-state index contributed by atoms with van der Waals surface area (Å²) < 4.78 is 28.1.